The van der Waals surface area contributed by atoms with Gasteiger partial charge < -0.3 is 14.6 Å². The lowest BCUT2D eigenvalue weighted by molar-refractivity contribution is -0.137. The normalized spacial score (nSPS) is 25.4. The fraction of sp³-hybridized carbons (Fsp3) is 0.367. The van der Waals surface area contributed by atoms with Gasteiger partial charge in [-0.15, -0.1) is 0 Å². The average Bonchev–Trinajstić information content (AvgIpc) is 3.44. The van der Waals surface area contributed by atoms with Crippen LogP contribution >= 0.6 is 0 Å². The number of imide groups is 3. The summed E-state index contributed by atoms with van der Waals surface area (Å²) in [5.74, 6) is -2.05. The third kappa shape index (κ3) is 4.60. The number of methoxy groups -OCH3 is 1. The summed E-state index contributed by atoms with van der Waals surface area (Å²) in [6.45, 7) is 2.42. The van der Waals surface area contributed by atoms with Gasteiger partial charge in [0.05, 0.1) is 31.7 Å². The maximum absolute atomic E-state index is 13.2. The predicted molar refractivity (Wildman–Crippen MR) is 138 cm³/mol. The molecule has 0 radical (unpaired) electrons. The Morgan fingerprint density at radius 2 is 1.89 bits per heavy atom. The Balaban J connectivity index is 1.41. The van der Waals surface area contributed by atoms with Gasteiger partial charge in [0.2, 0.25) is 11.8 Å². The highest BCUT2D eigenvalue weighted by Crippen LogP contribution is 2.50. The number of likely N-dealkylation sites (tertiary alicyclic amines) is 1. The van der Waals surface area contributed by atoms with Crippen molar-refractivity contribution in [1.29, 1.82) is 0 Å². The van der Waals surface area contributed by atoms with Crippen LogP contribution in [-0.2, 0) is 19.1 Å². The molecular weight excluding hydrogens is 470 g/mol. The first-order chi connectivity index (χ1) is 17.9. The molecule has 2 fully saturated rings. The quantitative estimate of drug-likeness (QED) is 0.332. The molecule has 0 spiro atoms. The monoisotopic (exact) mass is 501 g/mol. The van der Waals surface area contributed by atoms with Crippen LogP contribution in [0, 0.1) is 17.8 Å². The van der Waals surface area contributed by atoms with E-state index in [1.54, 1.807) is 12.1 Å². The van der Waals surface area contributed by atoms with E-state index in [1.165, 1.54) is 7.11 Å². The third-order valence-corrected chi connectivity index (χ3v) is 7.82. The molecule has 1 aliphatic carbocycles. The Labute approximate surface area is 216 Å². The fourth-order valence-corrected chi connectivity index (χ4v) is 6.14. The Kier molecular flexibility index (Phi) is 6.98. The van der Waals surface area contributed by atoms with E-state index in [-0.39, 0.29) is 17.8 Å². The molecule has 2 aromatic carbocycles. The number of nitrogens with zero attached hydrogens (tertiary/aromatic N) is 1. The first-order valence-corrected chi connectivity index (χ1v) is 12.8. The summed E-state index contributed by atoms with van der Waals surface area (Å²) in [5.41, 5.74) is 5.41. The molecule has 2 aromatic rings. The Morgan fingerprint density at radius 3 is 2.59 bits per heavy atom. The van der Waals surface area contributed by atoms with Crippen molar-refractivity contribution in [1.82, 2.24) is 4.90 Å². The molecule has 0 aromatic heterocycles. The largest absolute Gasteiger partial charge is 0.508 e. The van der Waals surface area contributed by atoms with Crippen LogP contribution in [0.3, 0.4) is 0 Å². The molecule has 2 heterocycles. The van der Waals surface area contributed by atoms with Crippen molar-refractivity contribution in [2.45, 2.75) is 38.7 Å². The van der Waals surface area contributed by atoms with E-state index >= 15 is 0 Å². The van der Waals surface area contributed by atoms with Crippen molar-refractivity contribution in [3.8, 4) is 5.75 Å². The molecule has 7 nitrogen and oxygen atoms in total. The highest BCUT2D eigenvalue weighted by atomic mass is 16.5. The molecule has 2 aliphatic heterocycles. The Hall–Kier alpha value is -3.71. The van der Waals surface area contributed by atoms with E-state index in [4.69, 9.17) is 9.47 Å². The second-order valence-corrected chi connectivity index (χ2v) is 9.83. The Morgan fingerprint density at radius 1 is 1.11 bits per heavy atom. The van der Waals surface area contributed by atoms with E-state index < -0.39 is 29.7 Å². The van der Waals surface area contributed by atoms with E-state index in [1.807, 2.05) is 30.3 Å². The van der Waals surface area contributed by atoms with Crippen molar-refractivity contribution in [3.05, 3.63) is 76.9 Å². The van der Waals surface area contributed by atoms with Crippen LogP contribution in [0.15, 0.2) is 65.7 Å². The lowest BCUT2D eigenvalue weighted by Crippen LogP contribution is -2.38. The molecule has 4 atom stereocenters. The summed E-state index contributed by atoms with van der Waals surface area (Å²) in [5, 5.41) is 9.93. The highest BCUT2D eigenvalue weighted by molar-refractivity contribution is 6.16. The van der Waals surface area contributed by atoms with Crippen molar-refractivity contribution in [2.75, 3.05) is 13.7 Å². The van der Waals surface area contributed by atoms with Gasteiger partial charge >= 0.3 is 6.09 Å². The second-order valence-electron chi connectivity index (χ2n) is 9.83. The SMILES string of the molecule is CCC1=C2[C@@H](CC/C(=C/c3cccc(O)c3)c3ccccc3)OC[C@@H]2[C@@H]2C(=O)N(C(=O)OC)C(=O)[C@@H]2C1. The summed E-state index contributed by atoms with van der Waals surface area (Å²) in [6.07, 6.45) is 3.69. The first kappa shape index (κ1) is 25.0. The van der Waals surface area contributed by atoms with Crippen molar-refractivity contribution in [2.24, 2.45) is 17.8 Å². The number of fused-ring (bicyclic) bond motifs is 3. The zero-order chi connectivity index (χ0) is 26.1. The second kappa shape index (κ2) is 10.3. The van der Waals surface area contributed by atoms with Gasteiger partial charge in [-0.25, -0.2) is 4.79 Å². The summed E-state index contributed by atoms with van der Waals surface area (Å²) < 4.78 is 11.0. The third-order valence-electron chi connectivity index (χ3n) is 7.82. The molecule has 2 saturated heterocycles. The van der Waals surface area contributed by atoms with Gasteiger partial charge in [0.15, 0.2) is 0 Å². The maximum Gasteiger partial charge on any atom is 0.423 e. The fourth-order valence-electron chi connectivity index (χ4n) is 6.14. The molecule has 5 rings (SSSR count). The maximum atomic E-state index is 13.2. The van der Waals surface area contributed by atoms with Gasteiger partial charge in [-0.1, -0.05) is 61.0 Å². The molecule has 3 aliphatic rings. The standard InChI is InChI=1S/C30H31NO6/c1-3-19-16-23-27(29(34)31(28(23)33)30(35)36-2)24-17-37-25(26(19)24)13-12-21(20-9-5-4-6-10-20)14-18-8-7-11-22(32)15-18/h4-11,14-15,23-25,27,32H,3,12-13,16-17H2,1-2H3/b21-14-/t23-,24+,25-,27-/m1/s1. The van der Waals surface area contributed by atoms with Gasteiger partial charge in [0.1, 0.15) is 5.75 Å². The summed E-state index contributed by atoms with van der Waals surface area (Å²) in [6, 6.07) is 17.3. The number of amides is 3. The summed E-state index contributed by atoms with van der Waals surface area (Å²) in [4.78, 5) is 39.0. The number of allylic oxidation sites excluding steroid dienone is 2. The van der Waals surface area contributed by atoms with Gasteiger partial charge in [0, 0.05) is 5.92 Å². The van der Waals surface area contributed by atoms with Crippen LogP contribution in [0.5, 0.6) is 5.75 Å². The summed E-state index contributed by atoms with van der Waals surface area (Å²) in [7, 11) is 1.18. The minimum absolute atomic E-state index is 0.160. The van der Waals surface area contributed by atoms with Crippen LogP contribution in [0.1, 0.15) is 43.7 Å². The van der Waals surface area contributed by atoms with E-state index in [0.29, 0.717) is 17.9 Å². The number of hydrogen-bond donors (Lipinski definition) is 1. The molecule has 0 saturated carbocycles. The highest BCUT2D eigenvalue weighted by Gasteiger charge is 2.58. The number of benzene rings is 2. The molecule has 3 amide bonds. The number of carbonyl (C=O) groups excluding carboxylic acids is 3. The number of hydrogen-bond acceptors (Lipinski definition) is 6. The van der Waals surface area contributed by atoms with Crippen LogP contribution in [-0.4, -0.2) is 47.7 Å². The van der Waals surface area contributed by atoms with Crippen LogP contribution in [0.25, 0.3) is 11.6 Å². The molecule has 7 heteroatoms. The number of rotatable bonds is 6. The number of phenolic OH excluding ortho intramolecular Hbond substituents is 1. The average molecular weight is 502 g/mol. The smallest absolute Gasteiger partial charge is 0.423 e. The van der Waals surface area contributed by atoms with E-state index in [0.717, 1.165) is 47.1 Å². The molecule has 37 heavy (non-hydrogen) atoms. The van der Waals surface area contributed by atoms with E-state index in [2.05, 4.69) is 25.1 Å². The minimum atomic E-state index is -0.913. The zero-order valence-electron chi connectivity index (χ0n) is 21.1. The topological polar surface area (TPSA) is 93.1 Å². The zero-order valence-corrected chi connectivity index (χ0v) is 21.1. The van der Waals surface area contributed by atoms with Crippen molar-refractivity contribution >= 4 is 29.6 Å². The Bertz CT molecular complexity index is 1280. The van der Waals surface area contributed by atoms with Gasteiger partial charge in [-0.05, 0) is 60.1 Å². The van der Waals surface area contributed by atoms with Crippen LogP contribution in [0.2, 0.25) is 0 Å². The number of carbonyl (C=O) groups is 3. The lowest BCUT2D eigenvalue weighted by atomic mass is 9.69. The molecular formula is C30H31NO6. The van der Waals surface area contributed by atoms with Crippen LogP contribution < -0.4 is 0 Å². The van der Waals surface area contributed by atoms with E-state index in [9.17, 15) is 19.5 Å². The van der Waals surface area contributed by atoms with Gasteiger partial charge in [-0.3, -0.25) is 9.59 Å². The van der Waals surface area contributed by atoms with Crippen molar-refractivity contribution < 1.29 is 29.0 Å². The first-order valence-electron chi connectivity index (χ1n) is 12.8. The number of phenols is 1. The number of ether oxygens (including phenoxy) is 2. The predicted octanol–water partition coefficient (Wildman–Crippen LogP) is 5.21. The molecule has 0 bridgehead atoms. The lowest BCUT2D eigenvalue weighted by Gasteiger charge is -2.31. The van der Waals surface area contributed by atoms with Gasteiger partial charge in [0.25, 0.3) is 0 Å². The molecule has 192 valence electrons. The van der Waals surface area contributed by atoms with Crippen LogP contribution in [0.4, 0.5) is 4.79 Å². The molecule has 1 N–H and O–H groups in total. The van der Waals surface area contributed by atoms with Gasteiger partial charge in [-0.2, -0.15) is 4.90 Å². The summed E-state index contributed by atoms with van der Waals surface area (Å²) >= 11 is 0. The van der Waals surface area contributed by atoms with Crippen molar-refractivity contribution in [3.63, 3.8) is 0 Å². The molecule has 0 unspecified atom stereocenters. The number of aromatic hydroxyl groups is 1. The minimum Gasteiger partial charge on any atom is -0.508 e.